The normalized spacial score (nSPS) is 11.1. The maximum atomic E-state index is 5.78. The Labute approximate surface area is 91.7 Å². The number of hydrogen-bond donors (Lipinski definition) is 3. The van der Waals surface area contributed by atoms with E-state index in [1.54, 1.807) is 6.20 Å². The Morgan fingerprint density at radius 1 is 1.25 bits per heavy atom. The third-order valence-corrected chi connectivity index (χ3v) is 2.67. The molecule has 80 valence electrons. The lowest BCUT2D eigenvalue weighted by Gasteiger charge is -1.96. The summed E-state index contributed by atoms with van der Waals surface area (Å²) >= 11 is 0. The third kappa shape index (κ3) is 1.18. The molecular weight excluding hydrogens is 202 g/mol. The number of aryl methyl sites for hydroxylation is 1. The minimum Gasteiger partial charge on any atom is -0.399 e. The number of anilines is 1. The fourth-order valence-electron chi connectivity index (χ4n) is 1.83. The molecule has 1 aromatic carbocycles. The summed E-state index contributed by atoms with van der Waals surface area (Å²) in [6.45, 7) is 1.97. The van der Waals surface area contributed by atoms with Crippen molar-refractivity contribution in [1.29, 1.82) is 0 Å². The highest BCUT2D eigenvalue weighted by Gasteiger charge is 2.11. The van der Waals surface area contributed by atoms with Gasteiger partial charge in [0.1, 0.15) is 5.69 Å². The minimum absolute atomic E-state index is 0.733. The van der Waals surface area contributed by atoms with Gasteiger partial charge in [0.15, 0.2) is 0 Å². The van der Waals surface area contributed by atoms with Crippen LogP contribution in [0.4, 0.5) is 5.69 Å². The number of hydrogen-bond acceptors (Lipinski definition) is 3. The summed E-state index contributed by atoms with van der Waals surface area (Å²) in [5.74, 6) is 0. The van der Waals surface area contributed by atoms with Gasteiger partial charge in [-0.05, 0) is 25.1 Å². The second-order valence-electron chi connectivity index (χ2n) is 3.79. The molecule has 0 amide bonds. The van der Waals surface area contributed by atoms with Crippen molar-refractivity contribution in [1.82, 2.24) is 20.4 Å². The summed E-state index contributed by atoms with van der Waals surface area (Å²) < 4.78 is 0. The first-order valence-electron chi connectivity index (χ1n) is 4.99. The Balaban J connectivity index is 2.32. The topological polar surface area (TPSA) is 83.4 Å². The molecular formula is C11H11N5. The van der Waals surface area contributed by atoms with E-state index in [4.69, 9.17) is 5.73 Å². The van der Waals surface area contributed by atoms with Crippen LogP contribution in [0.5, 0.6) is 0 Å². The first kappa shape index (κ1) is 8.96. The number of fused-ring (bicyclic) bond motifs is 1. The zero-order valence-electron chi connectivity index (χ0n) is 8.78. The molecule has 5 nitrogen and oxygen atoms in total. The summed E-state index contributed by atoms with van der Waals surface area (Å²) in [4.78, 5) is 0. The van der Waals surface area contributed by atoms with E-state index in [0.29, 0.717) is 0 Å². The smallest absolute Gasteiger partial charge is 0.103 e. The number of benzene rings is 1. The standard InChI is InChI=1S/C11H11N5/c1-6-9(5-13-14-6)11-8-4-7(12)2-3-10(8)15-16-11/h2-5H,12H2,1H3,(H,13,14)(H,15,16). The highest BCUT2D eigenvalue weighted by Crippen LogP contribution is 2.28. The van der Waals surface area contributed by atoms with E-state index in [9.17, 15) is 0 Å². The molecule has 4 N–H and O–H groups in total. The Morgan fingerprint density at radius 2 is 2.12 bits per heavy atom. The van der Waals surface area contributed by atoms with Crippen molar-refractivity contribution in [3.8, 4) is 11.3 Å². The van der Waals surface area contributed by atoms with E-state index >= 15 is 0 Å². The first-order chi connectivity index (χ1) is 7.75. The summed E-state index contributed by atoms with van der Waals surface area (Å²) in [6, 6.07) is 5.70. The number of nitrogens with two attached hydrogens (primary N) is 1. The molecule has 5 heteroatoms. The maximum Gasteiger partial charge on any atom is 0.103 e. The molecule has 0 aliphatic carbocycles. The van der Waals surface area contributed by atoms with Gasteiger partial charge in [0.2, 0.25) is 0 Å². The molecule has 0 bridgehead atoms. The summed E-state index contributed by atoms with van der Waals surface area (Å²) in [7, 11) is 0. The van der Waals surface area contributed by atoms with Crippen molar-refractivity contribution in [3.05, 3.63) is 30.1 Å². The summed E-state index contributed by atoms with van der Waals surface area (Å²) in [6.07, 6.45) is 1.77. The van der Waals surface area contributed by atoms with E-state index in [0.717, 1.165) is 33.5 Å². The van der Waals surface area contributed by atoms with Crippen LogP contribution in [0.3, 0.4) is 0 Å². The molecule has 0 unspecified atom stereocenters. The molecule has 3 aromatic rings. The van der Waals surface area contributed by atoms with Crippen LogP contribution in [0, 0.1) is 6.92 Å². The van der Waals surface area contributed by atoms with Gasteiger partial charge in [-0.3, -0.25) is 10.2 Å². The third-order valence-electron chi connectivity index (χ3n) is 2.67. The molecule has 0 fully saturated rings. The second kappa shape index (κ2) is 3.10. The molecule has 0 saturated heterocycles. The van der Waals surface area contributed by atoms with Crippen molar-refractivity contribution in [2.45, 2.75) is 6.92 Å². The SMILES string of the molecule is Cc1[nH]ncc1-c1n[nH]c2ccc(N)cc12. The molecule has 16 heavy (non-hydrogen) atoms. The average molecular weight is 213 g/mol. The molecule has 0 atom stereocenters. The molecule has 2 aromatic heterocycles. The molecule has 0 saturated carbocycles. The van der Waals surface area contributed by atoms with Crippen molar-refractivity contribution in [2.24, 2.45) is 0 Å². The Hall–Kier alpha value is -2.30. The van der Waals surface area contributed by atoms with E-state index < -0.39 is 0 Å². The fraction of sp³-hybridized carbons (Fsp3) is 0.0909. The maximum absolute atomic E-state index is 5.78. The lowest BCUT2D eigenvalue weighted by Crippen LogP contribution is -1.84. The van der Waals surface area contributed by atoms with Gasteiger partial charge in [-0.1, -0.05) is 0 Å². The minimum atomic E-state index is 0.733. The van der Waals surface area contributed by atoms with E-state index in [1.165, 1.54) is 0 Å². The van der Waals surface area contributed by atoms with Crippen LogP contribution in [0.1, 0.15) is 5.69 Å². The first-order valence-corrected chi connectivity index (χ1v) is 4.99. The van der Waals surface area contributed by atoms with Gasteiger partial charge in [0, 0.05) is 22.3 Å². The molecule has 2 heterocycles. The zero-order chi connectivity index (χ0) is 11.1. The van der Waals surface area contributed by atoms with Crippen LogP contribution in [0.2, 0.25) is 0 Å². The van der Waals surface area contributed by atoms with Crippen LogP contribution >= 0.6 is 0 Å². The lowest BCUT2D eigenvalue weighted by atomic mass is 10.1. The molecule has 0 spiro atoms. The highest BCUT2D eigenvalue weighted by atomic mass is 15.1. The number of aromatic nitrogens is 4. The van der Waals surface area contributed by atoms with Gasteiger partial charge in [-0.2, -0.15) is 10.2 Å². The largest absolute Gasteiger partial charge is 0.399 e. The van der Waals surface area contributed by atoms with Gasteiger partial charge >= 0.3 is 0 Å². The van der Waals surface area contributed by atoms with E-state index in [2.05, 4.69) is 20.4 Å². The highest BCUT2D eigenvalue weighted by molar-refractivity contribution is 5.94. The number of H-pyrrole nitrogens is 2. The van der Waals surface area contributed by atoms with Crippen LogP contribution in [0.25, 0.3) is 22.2 Å². The monoisotopic (exact) mass is 213 g/mol. The van der Waals surface area contributed by atoms with E-state index in [-0.39, 0.29) is 0 Å². The van der Waals surface area contributed by atoms with Gasteiger partial charge in [-0.25, -0.2) is 0 Å². The molecule has 0 radical (unpaired) electrons. The van der Waals surface area contributed by atoms with Crippen molar-refractivity contribution < 1.29 is 0 Å². The molecule has 0 aliphatic heterocycles. The summed E-state index contributed by atoms with van der Waals surface area (Å²) in [5, 5.41) is 15.2. The predicted octanol–water partition coefficient (Wildman–Crippen LogP) is 1.84. The second-order valence-corrected chi connectivity index (χ2v) is 3.79. The zero-order valence-corrected chi connectivity index (χ0v) is 8.78. The summed E-state index contributed by atoms with van der Waals surface area (Å²) in [5.41, 5.74) is 10.4. The van der Waals surface area contributed by atoms with Gasteiger partial charge in [0.25, 0.3) is 0 Å². The van der Waals surface area contributed by atoms with Crippen LogP contribution in [-0.4, -0.2) is 20.4 Å². The fourth-order valence-corrected chi connectivity index (χ4v) is 1.83. The van der Waals surface area contributed by atoms with Gasteiger partial charge in [0.05, 0.1) is 11.7 Å². The molecule has 0 aliphatic rings. The average Bonchev–Trinajstić information content (AvgIpc) is 2.83. The van der Waals surface area contributed by atoms with Crippen LogP contribution in [0.15, 0.2) is 24.4 Å². The van der Waals surface area contributed by atoms with Crippen molar-refractivity contribution >= 4 is 16.6 Å². The quantitative estimate of drug-likeness (QED) is 0.539. The van der Waals surface area contributed by atoms with Crippen LogP contribution in [-0.2, 0) is 0 Å². The Morgan fingerprint density at radius 3 is 2.88 bits per heavy atom. The number of nitrogens with zero attached hydrogens (tertiary/aromatic N) is 2. The van der Waals surface area contributed by atoms with Gasteiger partial charge in [-0.15, -0.1) is 0 Å². The number of rotatable bonds is 1. The Bertz CT molecular complexity index is 649. The van der Waals surface area contributed by atoms with Crippen molar-refractivity contribution in [2.75, 3.05) is 5.73 Å². The van der Waals surface area contributed by atoms with Crippen LogP contribution < -0.4 is 5.73 Å². The van der Waals surface area contributed by atoms with Crippen molar-refractivity contribution in [3.63, 3.8) is 0 Å². The van der Waals surface area contributed by atoms with E-state index in [1.807, 2.05) is 25.1 Å². The lowest BCUT2D eigenvalue weighted by molar-refractivity contribution is 1.05. The number of nitrogen functional groups attached to an aromatic ring is 1. The Kier molecular flexibility index (Phi) is 1.73. The predicted molar refractivity (Wildman–Crippen MR) is 62.8 cm³/mol. The van der Waals surface area contributed by atoms with Gasteiger partial charge < -0.3 is 5.73 Å². The number of nitrogens with one attached hydrogen (secondary N) is 2. The molecule has 3 rings (SSSR count). The number of aromatic amines is 2.